The van der Waals surface area contributed by atoms with Crippen molar-refractivity contribution in [1.29, 1.82) is 0 Å². The predicted molar refractivity (Wildman–Crippen MR) is 51.2 cm³/mol. The van der Waals surface area contributed by atoms with Gasteiger partial charge in [0, 0.05) is 17.5 Å². The van der Waals surface area contributed by atoms with Gasteiger partial charge in [-0.3, -0.25) is 0 Å². The van der Waals surface area contributed by atoms with Crippen LogP contribution < -0.4 is 4.74 Å². The van der Waals surface area contributed by atoms with Gasteiger partial charge in [0.2, 0.25) is 0 Å². The van der Waals surface area contributed by atoms with E-state index in [1.807, 2.05) is 6.07 Å². The summed E-state index contributed by atoms with van der Waals surface area (Å²) in [6, 6.07) is 5.32. The molecule has 0 bridgehead atoms. The van der Waals surface area contributed by atoms with E-state index in [9.17, 15) is 5.11 Å². The summed E-state index contributed by atoms with van der Waals surface area (Å²) in [5.74, 6) is 1.46. The Morgan fingerprint density at radius 3 is 2.77 bits per heavy atom. The third-order valence-corrected chi connectivity index (χ3v) is 2.88. The van der Waals surface area contributed by atoms with Crippen molar-refractivity contribution in [3.63, 3.8) is 0 Å². The first kappa shape index (κ1) is 8.42. The highest BCUT2D eigenvalue weighted by Crippen LogP contribution is 2.45. The van der Waals surface area contributed by atoms with Crippen LogP contribution in [0.3, 0.4) is 0 Å². The molecule has 2 heteroatoms. The minimum atomic E-state index is -0.157. The molecule has 1 aliphatic heterocycles. The van der Waals surface area contributed by atoms with Crippen molar-refractivity contribution in [3.8, 4) is 11.5 Å². The molecular weight excluding hydrogens is 164 g/mol. The Kier molecular flexibility index (Phi) is 1.56. The summed E-state index contributed by atoms with van der Waals surface area (Å²) in [6.07, 6.45) is 0. The molecule has 0 saturated carbocycles. The molecule has 0 aliphatic carbocycles. The van der Waals surface area contributed by atoms with Gasteiger partial charge in [-0.05, 0) is 19.9 Å². The van der Waals surface area contributed by atoms with Gasteiger partial charge in [-0.15, -0.1) is 0 Å². The molecule has 0 spiro atoms. The van der Waals surface area contributed by atoms with E-state index in [0.29, 0.717) is 5.92 Å². The highest BCUT2D eigenvalue weighted by molar-refractivity contribution is 5.46. The van der Waals surface area contributed by atoms with Crippen LogP contribution in [-0.4, -0.2) is 10.7 Å². The summed E-state index contributed by atoms with van der Waals surface area (Å²) >= 11 is 0. The number of hydrogen-bond donors (Lipinski definition) is 1. The number of ether oxygens (including phenoxy) is 1. The molecule has 2 nitrogen and oxygen atoms in total. The number of rotatable bonds is 0. The summed E-state index contributed by atoms with van der Waals surface area (Å²) in [7, 11) is 0. The van der Waals surface area contributed by atoms with Crippen LogP contribution in [0.15, 0.2) is 18.2 Å². The Morgan fingerprint density at radius 2 is 2.08 bits per heavy atom. The third kappa shape index (κ3) is 1.17. The lowest BCUT2D eigenvalue weighted by atomic mass is 9.89. The Balaban J connectivity index is 2.50. The van der Waals surface area contributed by atoms with Crippen molar-refractivity contribution >= 4 is 0 Å². The molecule has 13 heavy (non-hydrogen) atoms. The fraction of sp³-hybridized carbons (Fsp3) is 0.455. The smallest absolute Gasteiger partial charge is 0.127 e. The summed E-state index contributed by atoms with van der Waals surface area (Å²) in [4.78, 5) is 0. The van der Waals surface area contributed by atoms with Crippen molar-refractivity contribution in [2.24, 2.45) is 0 Å². The average molecular weight is 178 g/mol. The van der Waals surface area contributed by atoms with Gasteiger partial charge in [-0.25, -0.2) is 0 Å². The molecule has 1 aromatic rings. The zero-order valence-electron chi connectivity index (χ0n) is 8.16. The molecule has 0 aromatic heterocycles. The van der Waals surface area contributed by atoms with Crippen LogP contribution in [0.1, 0.15) is 32.3 Å². The van der Waals surface area contributed by atoms with Gasteiger partial charge in [-0.2, -0.15) is 0 Å². The SMILES string of the molecule is C[C@@H]1c2ccc(O)cc2OC1(C)C. The van der Waals surface area contributed by atoms with E-state index in [4.69, 9.17) is 4.74 Å². The lowest BCUT2D eigenvalue weighted by molar-refractivity contribution is 0.115. The molecule has 1 aromatic carbocycles. The van der Waals surface area contributed by atoms with E-state index in [1.54, 1.807) is 12.1 Å². The van der Waals surface area contributed by atoms with Crippen LogP contribution in [0.4, 0.5) is 0 Å². The monoisotopic (exact) mass is 178 g/mol. The second-order valence-corrected chi connectivity index (χ2v) is 4.15. The molecule has 0 saturated heterocycles. The average Bonchev–Trinajstić information content (AvgIpc) is 2.22. The van der Waals surface area contributed by atoms with E-state index in [-0.39, 0.29) is 11.4 Å². The Labute approximate surface area is 78.2 Å². The van der Waals surface area contributed by atoms with Crippen LogP contribution >= 0.6 is 0 Å². The maximum atomic E-state index is 9.27. The molecule has 0 fully saturated rings. The van der Waals surface area contributed by atoms with Crippen molar-refractivity contribution in [3.05, 3.63) is 23.8 Å². The number of aromatic hydroxyl groups is 1. The van der Waals surface area contributed by atoms with Gasteiger partial charge < -0.3 is 9.84 Å². The highest BCUT2D eigenvalue weighted by Gasteiger charge is 2.37. The Hall–Kier alpha value is -1.18. The number of phenolic OH excluding ortho intramolecular Hbond substituents is 1. The van der Waals surface area contributed by atoms with E-state index in [1.165, 1.54) is 5.56 Å². The number of hydrogen-bond acceptors (Lipinski definition) is 2. The van der Waals surface area contributed by atoms with E-state index >= 15 is 0 Å². The van der Waals surface area contributed by atoms with E-state index < -0.39 is 0 Å². The zero-order chi connectivity index (χ0) is 9.64. The Bertz CT molecular complexity index is 342. The number of fused-ring (bicyclic) bond motifs is 1. The van der Waals surface area contributed by atoms with Gasteiger partial charge in [0.25, 0.3) is 0 Å². The molecule has 0 unspecified atom stereocenters. The summed E-state index contributed by atoms with van der Waals surface area (Å²) in [5, 5.41) is 9.27. The lowest BCUT2D eigenvalue weighted by Gasteiger charge is -2.22. The van der Waals surface area contributed by atoms with Gasteiger partial charge in [0.1, 0.15) is 17.1 Å². The molecule has 1 atom stereocenters. The molecule has 1 aliphatic rings. The standard InChI is InChI=1S/C11H14O2/c1-7-9-5-4-8(12)6-10(9)13-11(7,2)3/h4-7,12H,1-3H3/t7-/m1/s1. The molecule has 1 heterocycles. The van der Waals surface area contributed by atoms with Crippen molar-refractivity contribution < 1.29 is 9.84 Å². The normalized spacial score (nSPS) is 23.8. The maximum absolute atomic E-state index is 9.27. The van der Waals surface area contributed by atoms with Crippen molar-refractivity contribution in [2.75, 3.05) is 0 Å². The van der Waals surface area contributed by atoms with E-state index in [0.717, 1.165) is 5.75 Å². The minimum Gasteiger partial charge on any atom is -0.508 e. The van der Waals surface area contributed by atoms with Crippen LogP contribution in [0.5, 0.6) is 11.5 Å². The zero-order valence-corrected chi connectivity index (χ0v) is 8.16. The van der Waals surface area contributed by atoms with Gasteiger partial charge in [-0.1, -0.05) is 13.0 Å². The minimum absolute atomic E-state index is 0.157. The van der Waals surface area contributed by atoms with Crippen LogP contribution in [0.2, 0.25) is 0 Å². The molecule has 70 valence electrons. The van der Waals surface area contributed by atoms with Crippen molar-refractivity contribution in [1.82, 2.24) is 0 Å². The quantitative estimate of drug-likeness (QED) is 0.661. The molecule has 0 radical (unpaired) electrons. The topological polar surface area (TPSA) is 29.5 Å². The summed E-state index contributed by atoms with van der Waals surface area (Å²) in [6.45, 7) is 6.27. The largest absolute Gasteiger partial charge is 0.508 e. The number of phenols is 1. The van der Waals surface area contributed by atoms with Crippen LogP contribution in [-0.2, 0) is 0 Å². The van der Waals surface area contributed by atoms with Crippen LogP contribution in [0.25, 0.3) is 0 Å². The van der Waals surface area contributed by atoms with Crippen molar-refractivity contribution in [2.45, 2.75) is 32.3 Å². The molecular formula is C11H14O2. The maximum Gasteiger partial charge on any atom is 0.127 e. The fourth-order valence-corrected chi connectivity index (χ4v) is 1.72. The predicted octanol–water partition coefficient (Wildman–Crippen LogP) is 2.67. The van der Waals surface area contributed by atoms with E-state index in [2.05, 4.69) is 20.8 Å². The van der Waals surface area contributed by atoms with Gasteiger partial charge in [0.05, 0.1) is 0 Å². The number of benzene rings is 1. The third-order valence-electron chi connectivity index (χ3n) is 2.88. The fourth-order valence-electron chi connectivity index (χ4n) is 1.72. The van der Waals surface area contributed by atoms with Crippen LogP contribution in [0, 0.1) is 0 Å². The molecule has 1 N–H and O–H groups in total. The first-order valence-electron chi connectivity index (χ1n) is 4.52. The first-order chi connectivity index (χ1) is 6.00. The second-order valence-electron chi connectivity index (χ2n) is 4.15. The second kappa shape index (κ2) is 2.41. The summed E-state index contributed by atoms with van der Waals surface area (Å²) in [5.41, 5.74) is 1.03. The lowest BCUT2D eigenvalue weighted by Crippen LogP contribution is -2.28. The summed E-state index contributed by atoms with van der Waals surface area (Å²) < 4.78 is 5.73. The molecule has 2 rings (SSSR count). The highest BCUT2D eigenvalue weighted by atomic mass is 16.5. The Morgan fingerprint density at radius 1 is 1.38 bits per heavy atom. The molecule has 0 amide bonds. The van der Waals surface area contributed by atoms with Gasteiger partial charge >= 0.3 is 0 Å². The van der Waals surface area contributed by atoms with Gasteiger partial charge in [0.15, 0.2) is 0 Å². The first-order valence-corrected chi connectivity index (χ1v) is 4.52.